The highest BCUT2D eigenvalue weighted by atomic mass is 79.9. The monoisotopic (exact) mass is 300 g/mol. The van der Waals surface area contributed by atoms with Gasteiger partial charge >= 0.3 is 0 Å². The van der Waals surface area contributed by atoms with Gasteiger partial charge in [0, 0.05) is 4.47 Å². The second-order valence-electron chi connectivity index (χ2n) is 4.41. The number of benzene rings is 2. The molecule has 2 nitrogen and oxygen atoms in total. The van der Waals surface area contributed by atoms with Gasteiger partial charge in [0.15, 0.2) is 0 Å². The molecule has 0 atom stereocenters. The molecule has 0 saturated carbocycles. The van der Waals surface area contributed by atoms with Crippen LogP contribution in [0.2, 0.25) is 0 Å². The fraction of sp³-hybridized carbons (Fsp3) is 0.133. The van der Waals surface area contributed by atoms with Crippen molar-refractivity contribution in [2.45, 2.75) is 13.8 Å². The van der Waals surface area contributed by atoms with Crippen molar-refractivity contribution in [2.24, 2.45) is 0 Å². The molecule has 3 heteroatoms. The van der Waals surface area contributed by atoms with E-state index >= 15 is 0 Å². The largest absolute Gasteiger partial charge is 0.296 e. The zero-order valence-electron chi connectivity index (χ0n) is 10.3. The first-order chi connectivity index (χ1) is 8.66. The number of imidazole rings is 1. The molecule has 0 saturated heterocycles. The topological polar surface area (TPSA) is 17.8 Å². The molecule has 3 rings (SSSR count). The van der Waals surface area contributed by atoms with E-state index in [1.165, 1.54) is 11.3 Å². The second kappa shape index (κ2) is 4.25. The van der Waals surface area contributed by atoms with Crippen LogP contribution >= 0.6 is 15.9 Å². The molecule has 0 fully saturated rings. The first-order valence-electron chi connectivity index (χ1n) is 5.87. The van der Waals surface area contributed by atoms with Crippen LogP contribution in [0.25, 0.3) is 16.7 Å². The average Bonchev–Trinajstić information content (AvgIpc) is 2.66. The Morgan fingerprint density at radius 3 is 2.61 bits per heavy atom. The van der Waals surface area contributed by atoms with Crippen LogP contribution in [0.4, 0.5) is 0 Å². The lowest BCUT2D eigenvalue weighted by atomic mass is 10.2. The van der Waals surface area contributed by atoms with E-state index in [-0.39, 0.29) is 0 Å². The van der Waals surface area contributed by atoms with Gasteiger partial charge in [-0.05, 0) is 49.7 Å². The van der Waals surface area contributed by atoms with E-state index in [0.717, 1.165) is 21.3 Å². The standard InChI is InChI=1S/C15H13BrN2/c1-10-9-12(16)7-8-14(10)18-11(2)17-13-5-3-4-6-15(13)18/h3-9H,1-2H3. The average molecular weight is 301 g/mol. The van der Waals surface area contributed by atoms with Crippen molar-refractivity contribution in [3.05, 3.63) is 58.3 Å². The molecule has 1 heterocycles. The fourth-order valence-electron chi connectivity index (χ4n) is 2.32. The number of hydrogen-bond acceptors (Lipinski definition) is 1. The Bertz CT molecular complexity index is 728. The van der Waals surface area contributed by atoms with Gasteiger partial charge in [-0.25, -0.2) is 4.98 Å². The quantitative estimate of drug-likeness (QED) is 0.651. The van der Waals surface area contributed by atoms with E-state index in [1.807, 2.05) is 25.1 Å². The number of para-hydroxylation sites is 2. The van der Waals surface area contributed by atoms with Crippen LogP contribution in [0.5, 0.6) is 0 Å². The lowest BCUT2D eigenvalue weighted by Crippen LogP contribution is -1.99. The van der Waals surface area contributed by atoms with E-state index in [9.17, 15) is 0 Å². The number of rotatable bonds is 1. The van der Waals surface area contributed by atoms with Gasteiger partial charge < -0.3 is 0 Å². The van der Waals surface area contributed by atoms with Crippen molar-refractivity contribution in [1.82, 2.24) is 9.55 Å². The van der Waals surface area contributed by atoms with Crippen LogP contribution in [0.3, 0.4) is 0 Å². The highest BCUT2D eigenvalue weighted by molar-refractivity contribution is 9.10. The number of hydrogen-bond donors (Lipinski definition) is 0. The zero-order valence-corrected chi connectivity index (χ0v) is 11.9. The summed E-state index contributed by atoms with van der Waals surface area (Å²) in [5.41, 5.74) is 4.61. The summed E-state index contributed by atoms with van der Waals surface area (Å²) >= 11 is 3.50. The Kier molecular flexibility index (Phi) is 2.71. The summed E-state index contributed by atoms with van der Waals surface area (Å²) in [5.74, 6) is 1.02. The molecule has 0 aliphatic carbocycles. The van der Waals surface area contributed by atoms with Crippen LogP contribution < -0.4 is 0 Å². The van der Waals surface area contributed by atoms with Gasteiger partial charge in [-0.3, -0.25) is 4.57 Å². The van der Waals surface area contributed by atoms with E-state index in [4.69, 9.17) is 0 Å². The van der Waals surface area contributed by atoms with Gasteiger partial charge in [0.2, 0.25) is 0 Å². The predicted molar refractivity (Wildman–Crippen MR) is 78.2 cm³/mol. The summed E-state index contributed by atoms with van der Waals surface area (Å²) < 4.78 is 3.31. The summed E-state index contributed by atoms with van der Waals surface area (Å²) in [7, 11) is 0. The minimum Gasteiger partial charge on any atom is -0.296 e. The molecule has 0 aliphatic heterocycles. The first-order valence-corrected chi connectivity index (χ1v) is 6.67. The molecule has 18 heavy (non-hydrogen) atoms. The maximum atomic E-state index is 4.60. The van der Waals surface area contributed by atoms with Crippen molar-refractivity contribution in [3.63, 3.8) is 0 Å². The Morgan fingerprint density at radius 2 is 1.83 bits per heavy atom. The molecule has 0 unspecified atom stereocenters. The van der Waals surface area contributed by atoms with Gasteiger partial charge in [-0.1, -0.05) is 28.1 Å². The van der Waals surface area contributed by atoms with Crippen LogP contribution in [0.1, 0.15) is 11.4 Å². The Hall–Kier alpha value is -1.61. The summed E-state index contributed by atoms with van der Waals surface area (Å²) in [6, 6.07) is 14.5. The third kappa shape index (κ3) is 1.75. The Labute approximate surface area is 114 Å². The highest BCUT2D eigenvalue weighted by Gasteiger charge is 2.10. The van der Waals surface area contributed by atoms with Crippen molar-refractivity contribution in [3.8, 4) is 5.69 Å². The lowest BCUT2D eigenvalue weighted by Gasteiger charge is -2.10. The van der Waals surface area contributed by atoms with Gasteiger partial charge in [-0.2, -0.15) is 0 Å². The fourth-order valence-corrected chi connectivity index (χ4v) is 2.80. The Balaban J connectivity index is 2.34. The smallest absolute Gasteiger partial charge is 0.111 e. The first kappa shape index (κ1) is 11.5. The van der Waals surface area contributed by atoms with Gasteiger partial charge in [0.1, 0.15) is 5.82 Å². The van der Waals surface area contributed by atoms with Gasteiger partial charge in [0.25, 0.3) is 0 Å². The molecule has 0 amide bonds. The molecule has 0 radical (unpaired) electrons. The molecular formula is C15H13BrN2. The number of fused-ring (bicyclic) bond motifs is 1. The van der Waals surface area contributed by atoms with E-state index in [2.05, 4.69) is 56.7 Å². The molecule has 1 aromatic heterocycles. The van der Waals surface area contributed by atoms with Crippen LogP contribution in [-0.2, 0) is 0 Å². The zero-order chi connectivity index (χ0) is 12.7. The minimum absolute atomic E-state index is 1.02. The molecular weight excluding hydrogens is 288 g/mol. The number of nitrogens with zero attached hydrogens (tertiary/aromatic N) is 2. The second-order valence-corrected chi connectivity index (χ2v) is 5.33. The van der Waals surface area contributed by atoms with Crippen molar-refractivity contribution >= 4 is 27.0 Å². The molecule has 0 bridgehead atoms. The third-order valence-corrected chi connectivity index (χ3v) is 3.62. The highest BCUT2D eigenvalue weighted by Crippen LogP contribution is 2.25. The van der Waals surface area contributed by atoms with Gasteiger partial charge in [0.05, 0.1) is 16.7 Å². The predicted octanol–water partition coefficient (Wildman–Crippen LogP) is 4.40. The number of halogens is 1. The van der Waals surface area contributed by atoms with Crippen LogP contribution in [-0.4, -0.2) is 9.55 Å². The maximum absolute atomic E-state index is 4.60. The summed E-state index contributed by atoms with van der Waals surface area (Å²) in [4.78, 5) is 4.60. The van der Waals surface area contributed by atoms with E-state index < -0.39 is 0 Å². The van der Waals surface area contributed by atoms with Crippen molar-refractivity contribution < 1.29 is 0 Å². The van der Waals surface area contributed by atoms with Gasteiger partial charge in [-0.15, -0.1) is 0 Å². The van der Waals surface area contributed by atoms with Crippen LogP contribution in [0.15, 0.2) is 46.9 Å². The van der Waals surface area contributed by atoms with Crippen molar-refractivity contribution in [1.29, 1.82) is 0 Å². The number of aromatic nitrogens is 2. The van der Waals surface area contributed by atoms with Crippen LogP contribution in [0, 0.1) is 13.8 Å². The lowest BCUT2D eigenvalue weighted by molar-refractivity contribution is 0.989. The Morgan fingerprint density at radius 1 is 1.06 bits per heavy atom. The van der Waals surface area contributed by atoms with Crippen molar-refractivity contribution in [2.75, 3.05) is 0 Å². The number of aryl methyl sites for hydroxylation is 2. The normalized spacial score (nSPS) is 11.1. The molecule has 3 aromatic rings. The SMILES string of the molecule is Cc1cc(Br)ccc1-n1c(C)nc2ccccc21. The molecule has 90 valence electrons. The third-order valence-electron chi connectivity index (χ3n) is 3.13. The molecule has 0 aliphatic rings. The molecule has 0 N–H and O–H groups in total. The minimum atomic E-state index is 1.02. The summed E-state index contributed by atoms with van der Waals surface area (Å²) in [6.07, 6.45) is 0. The van der Waals surface area contributed by atoms with E-state index in [0.29, 0.717) is 0 Å². The maximum Gasteiger partial charge on any atom is 0.111 e. The molecule has 0 spiro atoms. The summed E-state index contributed by atoms with van der Waals surface area (Å²) in [6.45, 7) is 4.16. The molecule has 2 aromatic carbocycles. The summed E-state index contributed by atoms with van der Waals surface area (Å²) in [5, 5.41) is 0. The van der Waals surface area contributed by atoms with E-state index in [1.54, 1.807) is 0 Å².